The quantitative estimate of drug-likeness (QED) is 0.830. The molecule has 1 saturated heterocycles. The van der Waals surface area contributed by atoms with Gasteiger partial charge in [-0.2, -0.15) is 0 Å². The minimum atomic E-state index is -0.134. The van der Waals surface area contributed by atoms with Crippen LogP contribution in [0.15, 0.2) is 36.4 Å². The lowest BCUT2D eigenvalue weighted by Gasteiger charge is -2.34. The first-order chi connectivity index (χ1) is 13.2. The van der Waals surface area contributed by atoms with Crippen molar-refractivity contribution in [2.45, 2.75) is 44.7 Å². The smallest absolute Gasteiger partial charge is 0.243 e. The summed E-state index contributed by atoms with van der Waals surface area (Å²) in [4.78, 5) is 29.1. The average Bonchev–Trinajstić information content (AvgIpc) is 3.26. The predicted octanol–water partition coefficient (Wildman–Crippen LogP) is 2.12. The van der Waals surface area contributed by atoms with Gasteiger partial charge in [-0.15, -0.1) is 0 Å². The number of carbonyl (C=O) groups excluding carboxylic acids is 2. The maximum Gasteiger partial charge on any atom is 0.243 e. The summed E-state index contributed by atoms with van der Waals surface area (Å²) in [6.07, 6.45) is 8.54. The molecule has 0 aromatic heterocycles. The molecule has 1 aromatic rings. The summed E-state index contributed by atoms with van der Waals surface area (Å²) < 4.78 is 0. The second-order valence-electron chi connectivity index (χ2n) is 7.96. The summed E-state index contributed by atoms with van der Waals surface area (Å²) in [5.74, 6) is 1.04. The number of hydrogen-bond acceptors (Lipinski definition) is 3. The minimum Gasteiger partial charge on any atom is -0.341 e. The molecule has 0 bridgehead atoms. The van der Waals surface area contributed by atoms with Gasteiger partial charge in [-0.25, -0.2) is 0 Å². The van der Waals surface area contributed by atoms with E-state index in [2.05, 4.69) is 29.6 Å². The Morgan fingerprint density at radius 3 is 2.56 bits per heavy atom. The Labute approximate surface area is 161 Å². The second-order valence-corrected chi connectivity index (χ2v) is 7.96. The first kappa shape index (κ1) is 18.2. The third-order valence-corrected chi connectivity index (χ3v) is 6.23. The van der Waals surface area contributed by atoms with Crippen LogP contribution >= 0.6 is 0 Å². The molecule has 0 spiro atoms. The van der Waals surface area contributed by atoms with Crippen molar-refractivity contribution in [3.05, 3.63) is 47.5 Å². The molecule has 4 rings (SSSR count). The highest BCUT2D eigenvalue weighted by molar-refractivity contribution is 5.84. The maximum atomic E-state index is 12.6. The van der Waals surface area contributed by atoms with Crippen LogP contribution in [0.5, 0.6) is 0 Å². The number of rotatable bonds is 4. The van der Waals surface area contributed by atoms with E-state index in [0.717, 1.165) is 58.4 Å². The van der Waals surface area contributed by atoms with Crippen LogP contribution in [0.1, 0.15) is 36.8 Å². The van der Waals surface area contributed by atoms with Gasteiger partial charge in [0.2, 0.25) is 11.8 Å². The largest absolute Gasteiger partial charge is 0.341 e. The van der Waals surface area contributed by atoms with Gasteiger partial charge >= 0.3 is 0 Å². The van der Waals surface area contributed by atoms with E-state index in [9.17, 15) is 9.59 Å². The molecular weight excluding hydrogens is 338 g/mol. The molecule has 5 nitrogen and oxygen atoms in total. The van der Waals surface area contributed by atoms with Crippen LogP contribution in [0, 0.1) is 5.92 Å². The number of carbonyl (C=O) groups is 2. The van der Waals surface area contributed by atoms with Crippen LogP contribution in [0.3, 0.4) is 0 Å². The SMILES string of the molecule is O=C(CCC1CCN(C(=O)C2C=CCN2)CC1)N1CCc2ccccc2C1. The van der Waals surface area contributed by atoms with Gasteiger partial charge in [-0.3, -0.25) is 14.9 Å². The van der Waals surface area contributed by atoms with Crippen molar-refractivity contribution in [2.24, 2.45) is 5.92 Å². The van der Waals surface area contributed by atoms with E-state index in [-0.39, 0.29) is 17.9 Å². The van der Waals surface area contributed by atoms with Gasteiger partial charge in [-0.05, 0) is 42.7 Å². The van der Waals surface area contributed by atoms with Crippen molar-refractivity contribution in [1.82, 2.24) is 15.1 Å². The first-order valence-corrected chi connectivity index (χ1v) is 10.2. The molecule has 0 radical (unpaired) electrons. The molecule has 27 heavy (non-hydrogen) atoms. The van der Waals surface area contributed by atoms with Gasteiger partial charge in [0.15, 0.2) is 0 Å². The molecule has 1 atom stereocenters. The molecule has 3 aliphatic rings. The van der Waals surface area contributed by atoms with Gasteiger partial charge in [0.1, 0.15) is 6.04 Å². The molecule has 0 saturated carbocycles. The van der Waals surface area contributed by atoms with E-state index in [1.807, 2.05) is 22.0 Å². The van der Waals surface area contributed by atoms with Crippen LogP contribution in [0.25, 0.3) is 0 Å². The van der Waals surface area contributed by atoms with Crippen LogP contribution in [-0.2, 0) is 22.6 Å². The minimum absolute atomic E-state index is 0.134. The lowest BCUT2D eigenvalue weighted by Crippen LogP contribution is -2.47. The zero-order valence-corrected chi connectivity index (χ0v) is 15.9. The topological polar surface area (TPSA) is 52.7 Å². The normalized spacial score (nSPS) is 22.7. The zero-order chi connectivity index (χ0) is 18.6. The second kappa shape index (κ2) is 8.26. The highest BCUT2D eigenvalue weighted by atomic mass is 16.2. The van der Waals surface area contributed by atoms with Gasteiger partial charge in [0, 0.05) is 39.1 Å². The van der Waals surface area contributed by atoms with Crippen molar-refractivity contribution >= 4 is 11.8 Å². The monoisotopic (exact) mass is 367 g/mol. The molecule has 2 amide bonds. The molecule has 3 heterocycles. The Bertz CT molecular complexity index is 722. The molecule has 144 valence electrons. The number of hydrogen-bond donors (Lipinski definition) is 1. The van der Waals surface area contributed by atoms with Gasteiger partial charge < -0.3 is 9.80 Å². The Kier molecular flexibility index (Phi) is 5.58. The number of nitrogens with one attached hydrogen (secondary N) is 1. The summed E-state index contributed by atoms with van der Waals surface area (Å²) in [5.41, 5.74) is 2.67. The fraction of sp³-hybridized carbons (Fsp3) is 0.545. The molecule has 1 unspecified atom stereocenters. The third-order valence-electron chi connectivity index (χ3n) is 6.23. The number of amides is 2. The molecule has 1 fully saturated rings. The number of piperidine rings is 1. The zero-order valence-electron chi connectivity index (χ0n) is 15.9. The van der Waals surface area contributed by atoms with E-state index in [0.29, 0.717) is 12.3 Å². The van der Waals surface area contributed by atoms with E-state index in [1.54, 1.807) is 0 Å². The molecule has 1 aromatic carbocycles. The summed E-state index contributed by atoms with van der Waals surface area (Å²) in [5, 5.41) is 3.20. The molecule has 3 aliphatic heterocycles. The van der Waals surface area contributed by atoms with Gasteiger partial charge in [0.05, 0.1) is 0 Å². The molecular formula is C22H29N3O2. The lowest BCUT2D eigenvalue weighted by atomic mass is 9.91. The third kappa shape index (κ3) is 4.24. The highest BCUT2D eigenvalue weighted by Gasteiger charge is 2.28. The first-order valence-electron chi connectivity index (χ1n) is 10.2. The van der Waals surface area contributed by atoms with E-state index >= 15 is 0 Å². The fourth-order valence-electron chi connectivity index (χ4n) is 4.47. The predicted molar refractivity (Wildman–Crippen MR) is 105 cm³/mol. The summed E-state index contributed by atoms with van der Waals surface area (Å²) in [7, 11) is 0. The Hall–Kier alpha value is -2.14. The maximum absolute atomic E-state index is 12.6. The van der Waals surface area contributed by atoms with Crippen molar-refractivity contribution in [3.63, 3.8) is 0 Å². The Morgan fingerprint density at radius 2 is 1.81 bits per heavy atom. The summed E-state index contributed by atoms with van der Waals surface area (Å²) in [6, 6.07) is 8.30. The highest BCUT2D eigenvalue weighted by Crippen LogP contribution is 2.24. The van der Waals surface area contributed by atoms with E-state index in [1.165, 1.54) is 11.1 Å². The lowest BCUT2D eigenvalue weighted by molar-refractivity contribution is -0.135. The van der Waals surface area contributed by atoms with Crippen molar-refractivity contribution < 1.29 is 9.59 Å². The number of nitrogens with zero attached hydrogens (tertiary/aromatic N) is 2. The molecule has 0 aliphatic carbocycles. The van der Waals surface area contributed by atoms with Crippen LogP contribution in [0.2, 0.25) is 0 Å². The van der Waals surface area contributed by atoms with Crippen molar-refractivity contribution in [1.29, 1.82) is 0 Å². The van der Waals surface area contributed by atoms with E-state index < -0.39 is 0 Å². The number of fused-ring (bicyclic) bond motifs is 1. The van der Waals surface area contributed by atoms with E-state index in [4.69, 9.17) is 0 Å². The Balaban J connectivity index is 1.20. The summed E-state index contributed by atoms with van der Waals surface area (Å²) in [6.45, 7) is 4.02. The standard InChI is InChI=1S/C22H29N3O2/c26-21(25-15-11-18-4-1-2-5-19(18)16-25)8-7-17-9-13-24(14-10-17)22(27)20-6-3-12-23-20/h1-6,17,20,23H,7-16H2. The van der Waals surface area contributed by atoms with Crippen LogP contribution in [0.4, 0.5) is 0 Å². The van der Waals surface area contributed by atoms with Crippen LogP contribution < -0.4 is 5.32 Å². The van der Waals surface area contributed by atoms with Crippen molar-refractivity contribution in [2.75, 3.05) is 26.2 Å². The molecule has 5 heteroatoms. The average molecular weight is 367 g/mol. The Morgan fingerprint density at radius 1 is 1.04 bits per heavy atom. The van der Waals surface area contributed by atoms with Crippen LogP contribution in [-0.4, -0.2) is 53.8 Å². The van der Waals surface area contributed by atoms with Crippen molar-refractivity contribution in [3.8, 4) is 0 Å². The van der Waals surface area contributed by atoms with Gasteiger partial charge in [0.25, 0.3) is 0 Å². The number of benzene rings is 1. The molecule has 1 N–H and O–H groups in total. The number of likely N-dealkylation sites (tertiary alicyclic amines) is 1. The fourth-order valence-corrected chi connectivity index (χ4v) is 4.47. The van der Waals surface area contributed by atoms with Gasteiger partial charge in [-0.1, -0.05) is 36.4 Å². The summed E-state index contributed by atoms with van der Waals surface area (Å²) >= 11 is 0.